The molecule has 0 saturated carbocycles. The van der Waals surface area contributed by atoms with Gasteiger partial charge in [-0.1, -0.05) is 20.8 Å². The summed E-state index contributed by atoms with van der Waals surface area (Å²) in [4.78, 5) is 2.07. The van der Waals surface area contributed by atoms with Gasteiger partial charge in [0.25, 0.3) is 6.43 Å². The molecular weight excluding hydrogens is 248 g/mol. The zero-order valence-electron chi connectivity index (χ0n) is 12.1. The summed E-state index contributed by atoms with van der Waals surface area (Å²) in [5.41, 5.74) is 0.230. The molecule has 2 atom stereocenters. The molecule has 1 aliphatic rings. The van der Waals surface area contributed by atoms with E-state index in [0.717, 1.165) is 19.4 Å². The van der Waals surface area contributed by atoms with E-state index in [1.54, 1.807) is 0 Å². The number of nitrogens with zero attached hydrogens (tertiary/aromatic N) is 2. The summed E-state index contributed by atoms with van der Waals surface area (Å²) in [6.07, 6.45) is -0.333. The maximum Gasteiger partial charge on any atom is 0.250 e. The normalized spacial score (nSPS) is 25.5. The van der Waals surface area contributed by atoms with Gasteiger partial charge in [-0.15, -0.1) is 0 Å². The molecule has 5 heteroatoms. The van der Waals surface area contributed by atoms with E-state index in [2.05, 4.69) is 37.1 Å². The van der Waals surface area contributed by atoms with Gasteiger partial charge in [0.1, 0.15) is 0 Å². The van der Waals surface area contributed by atoms with E-state index in [4.69, 9.17) is 5.26 Å². The van der Waals surface area contributed by atoms with E-state index in [-0.39, 0.29) is 18.0 Å². The summed E-state index contributed by atoms with van der Waals surface area (Å²) in [5.74, 6) is 0.470. The fourth-order valence-electron chi connectivity index (χ4n) is 2.95. The van der Waals surface area contributed by atoms with Gasteiger partial charge in [-0.05, 0) is 24.2 Å². The van der Waals surface area contributed by atoms with Gasteiger partial charge in [0.05, 0.1) is 19.2 Å². The monoisotopic (exact) mass is 273 g/mol. The Labute approximate surface area is 115 Å². The van der Waals surface area contributed by atoms with Gasteiger partial charge in [-0.25, -0.2) is 8.78 Å². The second-order valence-electron chi connectivity index (χ2n) is 6.71. The molecule has 1 heterocycles. The molecule has 0 spiro atoms. The van der Waals surface area contributed by atoms with Crippen LogP contribution >= 0.6 is 0 Å². The lowest BCUT2D eigenvalue weighted by molar-refractivity contribution is 0.101. The van der Waals surface area contributed by atoms with Gasteiger partial charge in [0, 0.05) is 19.1 Å². The molecule has 1 saturated heterocycles. The third kappa shape index (κ3) is 6.84. The van der Waals surface area contributed by atoms with Crippen LogP contribution in [-0.2, 0) is 0 Å². The Hall–Kier alpha value is -0.730. The van der Waals surface area contributed by atoms with Crippen molar-refractivity contribution in [2.75, 3.05) is 26.2 Å². The lowest BCUT2D eigenvalue weighted by atomic mass is 9.80. The minimum atomic E-state index is -2.31. The van der Waals surface area contributed by atoms with Crippen LogP contribution in [0.4, 0.5) is 8.78 Å². The van der Waals surface area contributed by atoms with Gasteiger partial charge in [0.2, 0.25) is 0 Å². The molecule has 0 aromatic rings. The van der Waals surface area contributed by atoms with Crippen LogP contribution in [0.2, 0.25) is 0 Å². The average molecular weight is 273 g/mol. The van der Waals surface area contributed by atoms with Crippen molar-refractivity contribution in [2.24, 2.45) is 11.3 Å². The fourth-order valence-corrected chi connectivity index (χ4v) is 2.95. The highest BCUT2D eigenvalue weighted by molar-refractivity contribution is 4.89. The van der Waals surface area contributed by atoms with E-state index < -0.39 is 6.43 Å². The van der Waals surface area contributed by atoms with Gasteiger partial charge >= 0.3 is 0 Å². The molecule has 3 nitrogen and oxygen atoms in total. The molecule has 1 N–H and O–H groups in total. The maximum atomic E-state index is 12.3. The number of piperidine rings is 1. The Morgan fingerprint density at radius 3 is 2.58 bits per heavy atom. The highest BCUT2D eigenvalue weighted by Crippen LogP contribution is 2.30. The van der Waals surface area contributed by atoms with E-state index >= 15 is 0 Å². The van der Waals surface area contributed by atoms with E-state index in [0.29, 0.717) is 19.0 Å². The second-order valence-corrected chi connectivity index (χ2v) is 6.71. The Bertz CT molecular complexity index is 307. The number of likely N-dealkylation sites (tertiary alicyclic amines) is 1. The number of hydrogen-bond acceptors (Lipinski definition) is 3. The van der Waals surface area contributed by atoms with Crippen molar-refractivity contribution in [1.29, 1.82) is 5.26 Å². The molecule has 19 heavy (non-hydrogen) atoms. The third-order valence-electron chi connectivity index (χ3n) is 3.37. The van der Waals surface area contributed by atoms with Crippen molar-refractivity contribution in [3.8, 4) is 6.07 Å². The van der Waals surface area contributed by atoms with Crippen molar-refractivity contribution in [2.45, 2.75) is 46.1 Å². The molecule has 0 aromatic heterocycles. The molecule has 0 aromatic carbocycles. The Kier molecular flexibility index (Phi) is 6.15. The molecule has 1 fully saturated rings. The molecular formula is C14H25F2N3. The quantitative estimate of drug-likeness (QED) is 0.782. The molecule has 110 valence electrons. The van der Waals surface area contributed by atoms with Crippen LogP contribution < -0.4 is 5.32 Å². The number of hydrogen-bond donors (Lipinski definition) is 1. The average Bonchev–Trinajstić information content (AvgIpc) is 2.24. The van der Waals surface area contributed by atoms with Crippen molar-refractivity contribution < 1.29 is 8.78 Å². The smallest absolute Gasteiger partial charge is 0.250 e. The topological polar surface area (TPSA) is 39.1 Å². The number of nitrogens with one attached hydrogen (secondary N) is 1. The fraction of sp³-hybridized carbons (Fsp3) is 0.929. The van der Waals surface area contributed by atoms with Crippen molar-refractivity contribution in [3.05, 3.63) is 0 Å². The second kappa shape index (κ2) is 7.16. The molecule has 1 aliphatic heterocycles. The summed E-state index contributed by atoms with van der Waals surface area (Å²) in [6, 6.07) is 2.23. The lowest BCUT2D eigenvalue weighted by Crippen LogP contribution is -2.50. The van der Waals surface area contributed by atoms with E-state index in [1.807, 2.05) is 0 Å². The number of nitriles is 1. The minimum absolute atomic E-state index is 0.0726. The predicted molar refractivity (Wildman–Crippen MR) is 72.0 cm³/mol. The van der Waals surface area contributed by atoms with Crippen molar-refractivity contribution in [1.82, 2.24) is 10.2 Å². The molecule has 2 unspecified atom stereocenters. The Morgan fingerprint density at radius 1 is 1.37 bits per heavy atom. The van der Waals surface area contributed by atoms with Crippen molar-refractivity contribution >= 4 is 0 Å². The zero-order chi connectivity index (χ0) is 14.5. The van der Waals surface area contributed by atoms with Crippen LogP contribution in [0.5, 0.6) is 0 Å². The van der Waals surface area contributed by atoms with E-state index in [1.165, 1.54) is 0 Å². The van der Waals surface area contributed by atoms with Crippen LogP contribution in [0, 0.1) is 22.7 Å². The van der Waals surface area contributed by atoms with E-state index in [9.17, 15) is 8.78 Å². The summed E-state index contributed by atoms with van der Waals surface area (Å²) < 4.78 is 24.5. The number of rotatable bonds is 5. The summed E-state index contributed by atoms with van der Waals surface area (Å²) >= 11 is 0. The first-order valence-corrected chi connectivity index (χ1v) is 6.91. The molecule has 0 radical (unpaired) electrons. The molecule has 0 bridgehead atoms. The number of alkyl halides is 2. The first-order chi connectivity index (χ1) is 8.80. The van der Waals surface area contributed by atoms with Crippen LogP contribution in [0.25, 0.3) is 0 Å². The first kappa shape index (κ1) is 16.3. The summed E-state index contributed by atoms with van der Waals surface area (Å²) in [6.45, 7) is 8.30. The maximum absolute atomic E-state index is 12.3. The summed E-state index contributed by atoms with van der Waals surface area (Å²) in [5, 5.41) is 11.7. The minimum Gasteiger partial charge on any atom is -0.307 e. The highest BCUT2D eigenvalue weighted by Gasteiger charge is 2.29. The number of halogens is 2. The third-order valence-corrected chi connectivity index (χ3v) is 3.37. The SMILES string of the molecule is CC(C)(C)CC1CC(NCC(F)F)CN(CC#N)C1. The Balaban J connectivity index is 2.55. The first-order valence-electron chi connectivity index (χ1n) is 6.91. The van der Waals surface area contributed by atoms with Gasteiger partial charge < -0.3 is 5.32 Å². The highest BCUT2D eigenvalue weighted by atomic mass is 19.3. The zero-order valence-corrected chi connectivity index (χ0v) is 12.1. The van der Waals surface area contributed by atoms with Crippen LogP contribution in [0.3, 0.4) is 0 Å². The summed E-state index contributed by atoms with van der Waals surface area (Å²) in [7, 11) is 0. The molecule has 0 amide bonds. The van der Waals surface area contributed by atoms with Crippen LogP contribution in [-0.4, -0.2) is 43.5 Å². The van der Waals surface area contributed by atoms with Crippen LogP contribution in [0.15, 0.2) is 0 Å². The standard InChI is InChI=1S/C14H25F2N3/c1-14(2,3)7-11-6-12(18-8-13(15)16)10-19(9-11)5-4-17/h11-13,18H,5-10H2,1-3H3. The largest absolute Gasteiger partial charge is 0.307 e. The lowest BCUT2D eigenvalue weighted by Gasteiger charge is -2.39. The van der Waals surface area contributed by atoms with Crippen LogP contribution in [0.1, 0.15) is 33.6 Å². The predicted octanol–water partition coefficient (Wildman–Crippen LogP) is 2.49. The van der Waals surface area contributed by atoms with Crippen molar-refractivity contribution in [3.63, 3.8) is 0 Å². The molecule has 1 rings (SSSR count). The van der Waals surface area contributed by atoms with Gasteiger partial charge in [-0.2, -0.15) is 5.26 Å². The Morgan fingerprint density at radius 2 is 2.05 bits per heavy atom. The molecule has 0 aliphatic carbocycles. The van der Waals surface area contributed by atoms with Gasteiger partial charge in [-0.3, -0.25) is 4.90 Å². The van der Waals surface area contributed by atoms with Gasteiger partial charge in [0.15, 0.2) is 0 Å².